The first kappa shape index (κ1) is 15.4. The molecule has 0 saturated heterocycles. The fourth-order valence-electron chi connectivity index (χ4n) is 1.46. The maximum atomic E-state index is 11.5. The smallest absolute Gasteiger partial charge is 0.328 e. The van der Waals surface area contributed by atoms with Crippen molar-refractivity contribution in [2.75, 3.05) is 14.1 Å². The Morgan fingerprint density at radius 2 is 2.16 bits per heavy atom. The minimum Gasteiger partial charge on any atom is -0.478 e. The fraction of sp³-hybridized carbons (Fsp3) is 0.250. The maximum absolute atomic E-state index is 11.5. The van der Waals surface area contributed by atoms with Crippen molar-refractivity contribution < 1.29 is 18.3 Å². The van der Waals surface area contributed by atoms with Gasteiger partial charge >= 0.3 is 5.97 Å². The second-order valence-corrected chi connectivity index (χ2v) is 5.86. The summed E-state index contributed by atoms with van der Waals surface area (Å²) in [5.74, 6) is -1.03. The first-order valence-electron chi connectivity index (χ1n) is 5.50. The molecule has 0 aromatic heterocycles. The number of hydrogen-bond donors (Lipinski definition) is 2. The highest BCUT2D eigenvalue weighted by Gasteiger charge is 2.14. The fourth-order valence-corrected chi connectivity index (χ4v) is 2.09. The minimum atomic E-state index is -3.46. The van der Waals surface area contributed by atoms with Crippen molar-refractivity contribution >= 4 is 22.3 Å². The van der Waals surface area contributed by atoms with E-state index in [-0.39, 0.29) is 6.54 Å². The Labute approximate surface area is 112 Å². The number of carbonyl (C=O) groups is 1. The zero-order valence-corrected chi connectivity index (χ0v) is 11.5. The molecule has 0 amide bonds. The van der Waals surface area contributed by atoms with Gasteiger partial charge in [-0.15, -0.1) is 0 Å². The number of aliphatic carboxylic acids is 1. The van der Waals surface area contributed by atoms with Gasteiger partial charge in [0.2, 0.25) is 0 Å². The molecule has 0 saturated carbocycles. The monoisotopic (exact) mass is 284 g/mol. The molecule has 19 heavy (non-hydrogen) atoms. The molecule has 0 aliphatic heterocycles. The largest absolute Gasteiger partial charge is 0.478 e. The number of carboxylic acid groups (broad SMARTS) is 1. The summed E-state index contributed by atoms with van der Waals surface area (Å²) >= 11 is 0. The van der Waals surface area contributed by atoms with Crippen LogP contribution in [-0.2, 0) is 21.5 Å². The molecular weight excluding hydrogens is 268 g/mol. The third-order valence-electron chi connectivity index (χ3n) is 2.44. The van der Waals surface area contributed by atoms with Crippen LogP contribution in [0.25, 0.3) is 6.08 Å². The molecule has 6 nitrogen and oxygen atoms in total. The van der Waals surface area contributed by atoms with Gasteiger partial charge in [0.25, 0.3) is 10.2 Å². The topological polar surface area (TPSA) is 86.7 Å². The quantitative estimate of drug-likeness (QED) is 0.752. The molecule has 0 bridgehead atoms. The predicted molar refractivity (Wildman–Crippen MR) is 72.6 cm³/mol. The average molecular weight is 284 g/mol. The molecule has 0 spiro atoms. The van der Waals surface area contributed by atoms with E-state index in [1.165, 1.54) is 24.5 Å². The molecule has 0 aliphatic carbocycles. The van der Waals surface area contributed by atoms with Gasteiger partial charge < -0.3 is 5.11 Å². The van der Waals surface area contributed by atoms with E-state index >= 15 is 0 Å². The van der Waals surface area contributed by atoms with Crippen LogP contribution in [0, 0.1) is 0 Å². The third kappa shape index (κ3) is 4.82. The Hall–Kier alpha value is -1.70. The minimum absolute atomic E-state index is 0.206. The molecule has 1 aromatic carbocycles. The van der Waals surface area contributed by atoms with Gasteiger partial charge in [0.1, 0.15) is 0 Å². The second kappa shape index (κ2) is 6.46. The van der Waals surface area contributed by atoms with E-state index < -0.39 is 16.2 Å². The van der Waals surface area contributed by atoms with Gasteiger partial charge in [-0.1, -0.05) is 24.3 Å². The molecule has 7 heteroatoms. The molecule has 1 aromatic rings. The molecule has 0 unspecified atom stereocenters. The molecule has 0 heterocycles. The highest BCUT2D eigenvalue weighted by Crippen LogP contribution is 2.10. The van der Waals surface area contributed by atoms with Gasteiger partial charge in [0.05, 0.1) is 0 Å². The summed E-state index contributed by atoms with van der Waals surface area (Å²) in [4.78, 5) is 10.4. The summed E-state index contributed by atoms with van der Waals surface area (Å²) < 4.78 is 26.4. The van der Waals surface area contributed by atoms with Gasteiger partial charge in [0, 0.05) is 26.7 Å². The SMILES string of the molecule is CNS(=O)(=O)N(C)Cc1cccc(/C=C/C(=O)O)c1. The number of nitrogens with zero attached hydrogens (tertiary/aromatic N) is 1. The van der Waals surface area contributed by atoms with Gasteiger partial charge in [-0.05, 0) is 17.2 Å². The van der Waals surface area contributed by atoms with Crippen molar-refractivity contribution in [3.63, 3.8) is 0 Å². The molecular formula is C12H16N2O4S. The lowest BCUT2D eigenvalue weighted by Gasteiger charge is -2.16. The van der Waals surface area contributed by atoms with Crippen LogP contribution in [0.2, 0.25) is 0 Å². The van der Waals surface area contributed by atoms with Crippen molar-refractivity contribution in [3.05, 3.63) is 41.5 Å². The van der Waals surface area contributed by atoms with Crippen LogP contribution in [-0.4, -0.2) is 37.9 Å². The Bertz CT molecular complexity index is 581. The molecule has 2 N–H and O–H groups in total. The lowest BCUT2D eigenvalue weighted by Crippen LogP contribution is -2.35. The van der Waals surface area contributed by atoms with E-state index in [0.29, 0.717) is 5.56 Å². The lowest BCUT2D eigenvalue weighted by atomic mass is 10.1. The number of hydrogen-bond acceptors (Lipinski definition) is 3. The van der Waals surface area contributed by atoms with E-state index in [4.69, 9.17) is 5.11 Å². The summed E-state index contributed by atoms with van der Waals surface area (Å²) in [6.07, 6.45) is 2.49. The summed E-state index contributed by atoms with van der Waals surface area (Å²) in [6, 6.07) is 7.01. The van der Waals surface area contributed by atoms with Crippen LogP contribution in [0.15, 0.2) is 30.3 Å². The van der Waals surface area contributed by atoms with Gasteiger partial charge in [-0.3, -0.25) is 0 Å². The van der Waals surface area contributed by atoms with Crippen molar-refractivity contribution in [1.82, 2.24) is 9.03 Å². The standard InChI is InChI=1S/C12H16N2O4S/c1-13-19(17,18)14(2)9-11-5-3-4-10(8-11)6-7-12(15)16/h3-8,13H,9H2,1-2H3,(H,15,16)/b7-6+. The zero-order chi connectivity index (χ0) is 14.5. The second-order valence-electron chi connectivity index (χ2n) is 3.88. The Kier molecular flexibility index (Phi) is 5.22. The van der Waals surface area contributed by atoms with Crippen molar-refractivity contribution in [2.45, 2.75) is 6.54 Å². The predicted octanol–water partition coefficient (Wildman–Crippen LogP) is 0.680. The van der Waals surface area contributed by atoms with Crippen LogP contribution in [0.1, 0.15) is 11.1 Å². The van der Waals surface area contributed by atoms with Crippen molar-refractivity contribution in [3.8, 4) is 0 Å². The third-order valence-corrected chi connectivity index (χ3v) is 3.91. The zero-order valence-electron chi connectivity index (χ0n) is 10.7. The molecule has 0 aliphatic rings. The number of rotatable bonds is 6. The normalized spacial score (nSPS) is 12.2. The summed E-state index contributed by atoms with van der Waals surface area (Å²) in [6.45, 7) is 0.206. The van der Waals surface area contributed by atoms with E-state index in [1.54, 1.807) is 24.3 Å². The van der Waals surface area contributed by atoms with Crippen LogP contribution < -0.4 is 4.72 Å². The summed E-state index contributed by atoms with van der Waals surface area (Å²) in [7, 11) is -0.655. The van der Waals surface area contributed by atoms with E-state index in [2.05, 4.69) is 4.72 Å². The van der Waals surface area contributed by atoms with Gasteiger partial charge in [-0.25, -0.2) is 9.52 Å². The van der Waals surface area contributed by atoms with Crippen LogP contribution in [0.5, 0.6) is 0 Å². The number of carboxylic acids is 1. The van der Waals surface area contributed by atoms with Crippen LogP contribution in [0.3, 0.4) is 0 Å². The highest BCUT2D eigenvalue weighted by atomic mass is 32.2. The number of benzene rings is 1. The Balaban J connectivity index is 2.86. The molecule has 0 radical (unpaired) electrons. The number of nitrogens with one attached hydrogen (secondary N) is 1. The molecule has 104 valence electrons. The molecule has 1 rings (SSSR count). The highest BCUT2D eigenvalue weighted by molar-refractivity contribution is 7.87. The first-order chi connectivity index (χ1) is 8.85. The van der Waals surface area contributed by atoms with Crippen molar-refractivity contribution in [2.24, 2.45) is 0 Å². The van der Waals surface area contributed by atoms with E-state index in [9.17, 15) is 13.2 Å². The van der Waals surface area contributed by atoms with Crippen LogP contribution in [0.4, 0.5) is 0 Å². The molecule has 0 atom stereocenters. The molecule has 0 fully saturated rings. The van der Waals surface area contributed by atoms with Gasteiger partial charge in [-0.2, -0.15) is 12.7 Å². The van der Waals surface area contributed by atoms with E-state index in [0.717, 1.165) is 11.6 Å². The summed E-state index contributed by atoms with van der Waals surface area (Å²) in [5.41, 5.74) is 1.48. The van der Waals surface area contributed by atoms with Gasteiger partial charge in [0.15, 0.2) is 0 Å². The van der Waals surface area contributed by atoms with Crippen LogP contribution >= 0.6 is 0 Å². The first-order valence-corrected chi connectivity index (χ1v) is 6.94. The average Bonchev–Trinajstić information content (AvgIpc) is 2.36. The van der Waals surface area contributed by atoms with E-state index in [1.807, 2.05) is 0 Å². The Morgan fingerprint density at radius 1 is 1.47 bits per heavy atom. The van der Waals surface area contributed by atoms with Crippen molar-refractivity contribution in [1.29, 1.82) is 0 Å². The summed E-state index contributed by atoms with van der Waals surface area (Å²) in [5, 5.41) is 8.55. The lowest BCUT2D eigenvalue weighted by molar-refractivity contribution is -0.131. The maximum Gasteiger partial charge on any atom is 0.328 e. The Morgan fingerprint density at radius 3 is 2.74 bits per heavy atom.